The highest BCUT2D eigenvalue weighted by Gasteiger charge is 2.17. The topological polar surface area (TPSA) is 39.7 Å². The molecule has 0 fully saturated rings. The van der Waals surface area contributed by atoms with Crippen molar-refractivity contribution in [3.63, 3.8) is 0 Å². The molecule has 1 unspecified atom stereocenters. The highest BCUT2D eigenvalue weighted by atomic mass is 16.7. The molecule has 0 saturated heterocycles. The standard InChI is InChI=1S/C17H27NO3/c1-4-8-18-15(11-19-9-7-13(2)3)14-5-6-16-17(10-14)21-12-20-16/h5-6,10,13,15,18H,4,7-9,11-12H2,1-3H3. The quantitative estimate of drug-likeness (QED) is 0.707. The van der Waals surface area contributed by atoms with E-state index in [0.717, 1.165) is 37.5 Å². The van der Waals surface area contributed by atoms with Gasteiger partial charge in [0.15, 0.2) is 11.5 Å². The minimum absolute atomic E-state index is 0.201. The second kappa shape index (κ2) is 8.25. The zero-order chi connectivity index (χ0) is 15.1. The molecule has 1 heterocycles. The maximum atomic E-state index is 5.84. The van der Waals surface area contributed by atoms with Crippen LogP contribution in [0.4, 0.5) is 0 Å². The summed E-state index contributed by atoms with van der Waals surface area (Å²) in [5, 5.41) is 3.54. The summed E-state index contributed by atoms with van der Waals surface area (Å²) in [5.74, 6) is 2.34. The molecule has 0 aliphatic carbocycles. The average molecular weight is 293 g/mol. The molecule has 0 amide bonds. The molecule has 0 spiro atoms. The first-order valence-corrected chi connectivity index (χ1v) is 7.91. The molecule has 21 heavy (non-hydrogen) atoms. The van der Waals surface area contributed by atoms with Crippen LogP contribution in [0.5, 0.6) is 11.5 Å². The van der Waals surface area contributed by atoms with E-state index in [4.69, 9.17) is 14.2 Å². The minimum Gasteiger partial charge on any atom is -0.454 e. The summed E-state index contributed by atoms with van der Waals surface area (Å²) in [6.07, 6.45) is 2.20. The van der Waals surface area contributed by atoms with Crippen molar-refractivity contribution in [2.75, 3.05) is 26.6 Å². The van der Waals surface area contributed by atoms with Crippen molar-refractivity contribution in [2.24, 2.45) is 5.92 Å². The average Bonchev–Trinajstić information content (AvgIpc) is 2.93. The largest absolute Gasteiger partial charge is 0.454 e. The third-order valence-corrected chi connectivity index (χ3v) is 3.56. The Hall–Kier alpha value is -1.26. The molecule has 1 aromatic carbocycles. The normalized spacial score (nSPS) is 14.7. The molecule has 1 aliphatic rings. The summed E-state index contributed by atoms with van der Waals surface area (Å²) in [4.78, 5) is 0. The Morgan fingerprint density at radius 3 is 2.81 bits per heavy atom. The van der Waals surface area contributed by atoms with Crippen molar-refractivity contribution < 1.29 is 14.2 Å². The van der Waals surface area contributed by atoms with Crippen LogP contribution in [0.2, 0.25) is 0 Å². The monoisotopic (exact) mass is 293 g/mol. The number of hydrogen-bond donors (Lipinski definition) is 1. The Morgan fingerprint density at radius 2 is 2.05 bits per heavy atom. The third-order valence-electron chi connectivity index (χ3n) is 3.56. The SMILES string of the molecule is CCCNC(COCCC(C)C)c1ccc2c(c1)OCO2. The molecule has 0 bridgehead atoms. The van der Waals surface area contributed by atoms with E-state index >= 15 is 0 Å². The van der Waals surface area contributed by atoms with E-state index in [1.54, 1.807) is 0 Å². The Bertz CT molecular complexity index is 434. The summed E-state index contributed by atoms with van der Waals surface area (Å²) in [6, 6.07) is 6.33. The first-order valence-electron chi connectivity index (χ1n) is 7.91. The van der Waals surface area contributed by atoms with Gasteiger partial charge in [0.2, 0.25) is 6.79 Å². The van der Waals surface area contributed by atoms with E-state index in [1.807, 2.05) is 6.07 Å². The Labute approximate surface area is 127 Å². The van der Waals surface area contributed by atoms with Crippen LogP contribution in [0, 0.1) is 5.92 Å². The van der Waals surface area contributed by atoms with E-state index in [2.05, 4.69) is 38.2 Å². The van der Waals surface area contributed by atoms with E-state index in [1.165, 1.54) is 5.56 Å². The first-order chi connectivity index (χ1) is 10.2. The zero-order valence-corrected chi connectivity index (χ0v) is 13.4. The van der Waals surface area contributed by atoms with Crippen molar-refractivity contribution >= 4 is 0 Å². The molecule has 4 nitrogen and oxygen atoms in total. The van der Waals surface area contributed by atoms with E-state index in [-0.39, 0.29) is 6.04 Å². The second-order valence-corrected chi connectivity index (χ2v) is 5.88. The summed E-state index contributed by atoms with van der Waals surface area (Å²) in [6.45, 7) is 9.40. The van der Waals surface area contributed by atoms with Gasteiger partial charge in [0.1, 0.15) is 0 Å². The van der Waals surface area contributed by atoms with Gasteiger partial charge in [0.05, 0.1) is 12.6 Å². The summed E-state index contributed by atoms with van der Waals surface area (Å²) >= 11 is 0. The number of fused-ring (bicyclic) bond motifs is 1. The molecule has 4 heteroatoms. The lowest BCUT2D eigenvalue weighted by atomic mass is 10.1. The lowest BCUT2D eigenvalue weighted by Crippen LogP contribution is -2.26. The fourth-order valence-electron chi connectivity index (χ4n) is 2.24. The molecule has 1 aliphatic heterocycles. The van der Waals surface area contributed by atoms with Gasteiger partial charge in [-0.2, -0.15) is 0 Å². The van der Waals surface area contributed by atoms with E-state index < -0.39 is 0 Å². The van der Waals surface area contributed by atoms with Crippen LogP contribution in [-0.4, -0.2) is 26.6 Å². The van der Waals surface area contributed by atoms with Gasteiger partial charge < -0.3 is 19.5 Å². The van der Waals surface area contributed by atoms with Crippen molar-refractivity contribution in [2.45, 2.75) is 39.7 Å². The molecular formula is C17H27NO3. The molecule has 0 radical (unpaired) electrons. The highest BCUT2D eigenvalue weighted by Crippen LogP contribution is 2.34. The molecule has 118 valence electrons. The lowest BCUT2D eigenvalue weighted by Gasteiger charge is -2.20. The predicted molar refractivity (Wildman–Crippen MR) is 83.9 cm³/mol. The summed E-state index contributed by atoms with van der Waals surface area (Å²) in [5.41, 5.74) is 1.19. The van der Waals surface area contributed by atoms with Crippen LogP contribution < -0.4 is 14.8 Å². The Balaban J connectivity index is 1.94. The smallest absolute Gasteiger partial charge is 0.231 e. The molecule has 1 atom stereocenters. The van der Waals surface area contributed by atoms with Crippen molar-refractivity contribution in [3.8, 4) is 11.5 Å². The second-order valence-electron chi connectivity index (χ2n) is 5.88. The van der Waals surface area contributed by atoms with Crippen molar-refractivity contribution in [3.05, 3.63) is 23.8 Å². The van der Waals surface area contributed by atoms with Gasteiger partial charge in [-0.3, -0.25) is 0 Å². The Morgan fingerprint density at radius 1 is 1.24 bits per heavy atom. The van der Waals surface area contributed by atoms with Gasteiger partial charge in [0.25, 0.3) is 0 Å². The lowest BCUT2D eigenvalue weighted by molar-refractivity contribution is 0.102. The van der Waals surface area contributed by atoms with Gasteiger partial charge in [0, 0.05) is 6.61 Å². The van der Waals surface area contributed by atoms with Crippen molar-refractivity contribution in [1.82, 2.24) is 5.32 Å². The molecule has 2 rings (SSSR count). The number of ether oxygens (including phenoxy) is 3. The van der Waals surface area contributed by atoms with Crippen LogP contribution in [0.15, 0.2) is 18.2 Å². The molecule has 1 aromatic rings. The van der Waals surface area contributed by atoms with E-state index in [9.17, 15) is 0 Å². The summed E-state index contributed by atoms with van der Waals surface area (Å²) < 4.78 is 16.7. The number of benzene rings is 1. The minimum atomic E-state index is 0.201. The first kappa shape index (κ1) is 16.1. The van der Waals surface area contributed by atoms with Crippen LogP contribution in [0.25, 0.3) is 0 Å². The number of hydrogen-bond acceptors (Lipinski definition) is 4. The zero-order valence-electron chi connectivity index (χ0n) is 13.4. The predicted octanol–water partition coefficient (Wildman–Crippen LogP) is 3.52. The maximum absolute atomic E-state index is 5.84. The van der Waals surface area contributed by atoms with Gasteiger partial charge >= 0.3 is 0 Å². The fourth-order valence-corrected chi connectivity index (χ4v) is 2.24. The van der Waals surface area contributed by atoms with Crippen LogP contribution >= 0.6 is 0 Å². The van der Waals surface area contributed by atoms with Crippen molar-refractivity contribution in [1.29, 1.82) is 0 Å². The van der Waals surface area contributed by atoms with Crippen LogP contribution in [0.1, 0.15) is 45.2 Å². The number of nitrogens with one attached hydrogen (secondary N) is 1. The molecular weight excluding hydrogens is 266 g/mol. The Kier molecular flexibility index (Phi) is 6.33. The van der Waals surface area contributed by atoms with Gasteiger partial charge in [-0.05, 0) is 43.0 Å². The highest BCUT2D eigenvalue weighted by molar-refractivity contribution is 5.45. The van der Waals surface area contributed by atoms with Crippen LogP contribution in [-0.2, 0) is 4.74 Å². The molecule has 0 aromatic heterocycles. The van der Waals surface area contributed by atoms with E-state index in [0.29, 0.717) is 19.3 Å². The third kappa shape index (κ3) is 4.90. The van der Waals surface area contributed by atoms with Crippen LogP contribution in [0.3, 0.4) is 0 Å². The molecule has 1 N–H and O–H groups in total. The summed E-state index contributed by atoms with van der Waals surface area (Å²) in [7, 11) is 0. The number of rotatable bonds is 9. The van der Waals surface area contributed by atoms with Gasteiger partial charge in [-0.1, -0.05) is 26.8 Å². The van der Waals surface area contributed by atoms with Gasteiger partial charge in [-0.15, -0.1) is 0 Å². The fraction of sp³-hybridized carbons (Fsp3) is 0.647. The molecule has 0 saturated carbocycles. The van der Waals surface area contributed by atoms with Gasteiger partial charge in [-0.25, -0.2) is 0 Å². The maximum Gasteiger partial charge on any atom is 0.231 e.